The molecule has 37 heavy (non-hydrogen) atoms. The van der Waals surface area contributed by atoms with Gasteiger partial charge in [0.15, 0.2) is 0 Å². The van der Waals surface area contributed by atoms with Crippen molar-refractivity contribution in [3.63, 3.8) is 0 Å². The first-order valence-electron chi connectivity index (χ1n) is 15.2. The molecule has 5 fully saturated rings. The van der Waals surface area contributed by atoms with Crippen LogP contribution in [0, 0.1) is 68.0 Å². The van der Waals surface area contributed by atoms with E-state index in [1.807, 2.05) is 0 Å². The smallest absolute Gasteiger partial charge is 0.223 e. The van der Waals surface area contributed by atoms with Crippen LogP contribution in [0.2, 0.25) is 0 Å². The molecule has 2 N–H and O–H groups in total. The normalized spacial score (nSPS) is 50.1. The number of nitrogens with two attached hydrogens (primary N) is 1. The molecule has 0 aliphatic heterocycles. The van der Waals surface area contributed by atoms with Gasteiger partial charge in [-0.05, 0) is 122 Å². The van der Waals surface area contributed by atoms with Gasteiger partial charge >= 0.3 is 0 Å². The van der Waals surface area contributed by atoms with Gasteiger partial charge in [0.05, 0.1) is 30.6 Å². The molecule has 5 aliphatic rings. The van der Waals surface area contributed by atoms with Crippen molar-refractivity contribution in [3.8, 4) is 6.07 Å². The summed E-state index contributed by atoms with van der Waals surface area (Å²) in [5, 5.41) is 9.02. The van der Waals surface area contributed by atoms with Crippen LogP contribution in [0.1, 0.15) is 112 Å². The van der Waals surface area contributed by atoms with E-state index in [-0.39, 0.29) is 33.7 Å². The lowest BCUT2D eigenvalue weighted by molar-refractivity contribution is -0.250. The minimum Gasteiger partial charge on any atom is -0.377 e. The van der Waals surface area contributed by atoms with Gasteiger partial charge in [0, 0.05) is 0 Å². The molecule has 0 aromatic carbocycles. The monoisotopic (exact) mass is 508 g/mol. The fourth-order valence-corrected chi connectivity index (χ4v) is 12.1. The van der Waals surface area contributed by atoms with Crippen molar-refractivity contribution in [2.45, 2.75) is 118 Å². The summed E-state index contributed by atoms with van der Waals surface area (Å²) in [7, 11) is 0. The van der Waals surface area contributed by atoms with Gasteiger partial charge in [-0.2, -0.15) is 5.26 Å². The van der Waals surface area contributed by atoms with Gasteiger partial charge in [-0.1, -0.05) is 46.8 Å². The maximum absolute atomic E-state index is 13.1. The minimum atomic E-state index is -0.321. The molecular weight excluding hydrogens is 456 g/mol. The number of primary amides is 1. The Hall–Kier alpha value is -1.34. The number of hydrogen-bond acceptors (Lipinski definition) is 3. The number of nitriles is 1. The minimum absolute atomic E-state index is 0.0392. The van der Waals surface area contributed by atoms with Crippen molar-refractivity contribution >= 4 is 5.91 Å². The fourth-order valence-electron chi connectivity index (χ4n) is 12.1. The molecule has 0 bridgehead atoms. The molecule has 0 heterocycles. The first-order chi connectivity index (χ1) is 17.3. The number of hydrogen-bond donors (Lipinski definition) is 1. The van der Waals surface area contributed by atoms with Gasteiger partial charge in [0.1, 0.15) is 0 Å². The first-order valence-corrected chi connectivity index (χ1v) is 15.2. The predicted molar refractivity (Wildman–Crippen MR) is 148 cm³/mol. The van der Waals surface area contributed by atoms with E-state index in [4.69, 9.17) is 15.7 Å². The van der Waals surface area contributed by atoms with Crippen LogP contribution in [0.5, 0.6) is 0 Å². The summed E-state index contributed by atoms with van der Waals surface area (Å²) in [4.78, 5) is 13.1. The van der Waals surface area contributed by atoms with Crippen LogP contribution in [0.4, 0.5) is 0 Å². The topological polar surface area (TPSA) is 76.1 Å². The standard InChI is InChI=1S/C33H52N2O2/c1-21(2)22-11-16-33(28(35)36)18-17-31(6)23(27(22)33)9-10-25-30(5)14-13-26(37-20-8-19-34)29(3,4)24(30)12-15-32(25,31)7/h22-27H,1,8-18,20H2,2-7H3,(H2,35,36)/t22-,23+,24-,25+,26-,27+,30-,31+,32+,33-/m0/s1. The number of allylic oxidation sites excluding steroid dienone is 1. The van der Waals surface area contributed by atoms with Crippen LogP contribution in [0.25, 0.3) is 0 Å². The molecule has 0 aromatic heterocycles. The molecule has 5 saturated carbocycles. The Kier molecular flexibility index (Phi) is 6.51. The Morgan fingerprint density at radius 3 is 2.32 bits per heavy atom. The highest BCUT2D eigenvalue weighted by Crippen LogP contribution is 2.77. The second-order valence-electron chi connectivity index (χ2n) is 15.3. The van der Waals surface area contributed by atoms with E-state index < -0.39 is 0 Å². The van der Waals surface area contributed by atoms with E-state index in [2.05, 4.69) is 54.2 Å². The van der Waals surface area contributed by atoms with Gasteiger partial charge in [0.25, 0.3) is 0 Å². The van der Waals surface area contributed by atoms with Crippen molar-refractivity contribution in [1.82, 2.24) is 0 Å². The zero-order chi connectivity index (χ0) is 27.0. The Labute approximate surface area is 226 Å². The lowest BCUT2D eigenvalue weighted by atomic mass is 9.32. The van der Waals surface area contributed by atoms with Crippen LogP contribution in [-0.2, 0) is 9.53 Å². The lowest BCUT2D eigenvalue weighted by Gasteiger charge is -2.73. The third-order valence-electron chi connectivity index (χ3n) is 14.0. The number of amides is 1. The summed E-state index contributed by atoms with van der Waals surface area (Å²) in [6.45, 7) is 19.9. The zero-order valence-electron chi connectivity index (χ0n) is 24.5. The van der Waals surface area contributed by atoms with Crippen LogP contribution in [-0.4, -0.2) is 18.6 Å². The quantitative estimate of drug-likeness (QED) is 0.310. The molecule has 4 heteroatoms. The van der Waals surface area contributed by atoms with Crippen molar-refractivity contribution < 1.29 is 9.53 Å². The molecule has 1 amide bonds. The highest BCUT2D eigenvalue weighted by atomic mass is 16.5. The molecule has 0 saturated heterocycles. The summed E-state index contributed by atoms with van der Waals surface area (Å²) < 4.78 is 6.34. The van der Waals surface area contributed by atoms with E-state index in [1.54, 1.807) is 0 Å². The fraction of sp³-hybridized carbons (Fsp3) is 0.879. The summed E-state index contributed by atoms with van der Waals surface area (Å²) in [5.41, 5.74) is 8.10. The molecule has 0 radical (unpaired) electrons. The van der Waals surface area contributed by atoms with Crippen LogP contribution in [0.15, 0.2) is 12.2 Å². The Balaban J connectivity index is 1.48. The molecule has 4 nitrogen and oxygen atoms in total. The van der Waals surface area contributed by atoms with Crippen molar-refractivity contribution in [1.29, 1.82) is 5.26 Å². The average Bonchev–Trinajstić information content (AvgIpc) is 3.22. The Bertz CT molecular complexity index is 997. The number of carbonyl (C=O) groups is 1. The molecule has 0 unspecified atom stereocenters. The summed E-state index contributed by atoms with van der Waals surface area (Å²) >= 11 is 0. The predicted octanol–water partition coefficient (Wildman–Crippen LogP) is 7.43. The highest BCUT2D eigenvalue weighted by molar-refractivity contribution is 5.82. The van der Waals surface area contributed by atoms with Gasteiger partial charge in [0.2, 0.25) is 5.91 Å². The van der Waals surface area contributed by atoms with E-state index >= 15 is 0 Å². The largest absolute Gasteiger partial charge is 0.377 e. The van der Waals surface area contributed by atoms with E-state index in [0.29, 0.717) is 48.0 Å². The third kappa shape index (κ3) is 3.51. The van der Waals surface area contributed by atoms with E-state index in [1.165, 1.54) is 37.7 Å². The highest BCUT2D eigenvalue weighted by Gasteiger charge is 2.71. The van der Waals surface area contributed by atoms with Gasteiger partial charge in [-0.25, -0.2) is 0 Å². The summed E-state index contributed by atoms with van der Waals surface area (Å²) in [6, 6.07) is 2.25. The molecule has 0 aromatic rings. The summed E-state index contributed by atoms with van der Waals surface area (Å²) in [6.07, 6.45) is 12.2. The van der Waals surface area contributed by atoms with Crippen LogP contribution < -0.4 is 5.73 Å². The van der Waals surface area contributed by atoms with Crippen molar-refractivity contribution in [2.75, 3.05) is 6.61 Å². The maximum Gasteiger partial charge on any atom is 0.223 e. The second kappa shape index (κ2) is 8.84. The molecule has 10 atom stereocenters. The van der Waals surface area contributed by atoms with Gasteiger partial charge in [-0.3, -0.25) is 4.79 Å². The van der Waals surface area contributed by atoms with Crippen molar-refractivity contribution in [3.05, 3.63) is 12.2 Å². The maximum atomic E-state index is 13.1. The zero-order valence-corrected chi connectivity index (χ0v) is 24.5. The SMILES string of the molecule is C=C(C)[C@@H]1CC[C@]2(C(N)=O)CC[C@]3(C)[C@H](CC[C@@H]4[C@@]5(C)CC[C@H](OCCC#N)C(C)(C)[C@@H]5CC[C@]43C)[C@@H]12. The van der Waals surface area contributed by atoms with Crippen LogP contribution >= 0.6 is 0 Å². The van der Waals surface area contributed by atoms with Gasteiger partial charge < -0.3 is 10.5 Å². The first kappa shape index (κ1) is 27.2. The van der Waals surface area contributed by atoms with E-state index in [0.717, 1.165) is 32.1 Å². The number of ether oxygens (including phenoxy) is 1. The van der Waals surface area contributed by atoms with Crippen LogP contribution in [0.3, 0.4) is 0 Å². The summed E-state index contributed by atoms with van der Waals surface area (Å²) in [5.74, 6) is 2.65. The molecule has 5 aliphatic carbocycles. The number of fused-ring (bicyclic) bond motifs is 7. The number of nitrogens with zero attached hydrogens (tertiary/aromatic N) is 1. The second-order valence-corrected chi connectivity index (χ2v) is 15.3. The lowest BCUT2D eigenvalue weighted by Crippen LogP contribution is -2.67. The van der Waals surface area contributed by atoms with E-state index in [9.17, 15) is 4.79 Å². The molecule has 206 valence electrons. The van der Waals surface area contributed by atoms with Crippen molar-refractivity contribution in [2.24, 2.45) is 62.4 Å². The molecule has 5 rings (SSSR count). The third-order valence-corrected chi connectivity index (χ3v) is 14.0. The Morgan fingerprint density at radius 1 is 0.946 bits per heavy atom. The average molecular weight is 509 g/mol. The molecular formula is C33H52N2O2. The Morgan fingerprint density at radius 2 is 1.68 bits per heavy atom. The molecule has 0 spiro atoms. The number of carbonyl (C=O) groups excluding carboxylic acids is 1. The van der Waals surface area contributed by atoms with Gasteiger partial charge in [-0.15, -0.1) is 0 Å². The number of rotatable bonds is 5.